The van der Waals surface area contributed by atoms with Crippen molar-refractivity contribution in [2.45, 2.75) is 43.2 Å². The molecule has 1 atom stereocenters. The minimum absolute atomic E-state index is 0.247. The molecule has 1 aliphatic rings. The third-order valence-electron chi connectivity index (χ3n) is 3.33. The number of β-amino-alcohol motifs (C(OH)–C–C–N with tert-alkyl or cyclic N) is 1. The zero-order valence-electron chi connectivity index (χ0n) is 12.8. The van der Waals surface area contributed by atoms with E-state index in [0.717, 1.165) is 16.5 Å². The molecule has 1 aliphatic heterocycles. The van der Waals surface area contributed by atoms with Crippen molar-refractivity contribution in [1.29, 1.82) is 0 Å². The largest absolute Gasteiger partial charge is 0.371 e. The first-order valence-electron chi connectivity index (χ1n) is 7.50. The average Bonchev–Trinajstić information content (AvgIpc) is 3.05. The van der Waals surface area contributed by atoms with Crippen LogP contribution in [0.2, 0.25) is 0 Å². The van der Waals surface area contributed by atoms with E-state index in [1.165, 1.54) is 40.4 Å². The highest BCUT2D eigenvalue weighted by atomic mass is 32.2. The molecule has 0 radical (unpaired) electrons. The number of hydrogen-bond acceptors (Lipinski definition) is 6. The van der Waals surface area contributed by atoms with Crippen LogP contribution in [0.5, 0.6) is 0 Å². The summed E-state index contributed by atoms with van der Waals surface area (Å²) in [5.74, 6) is 1.01. The Morgan fingerprint density at radius 2 is 2.27 bits per heavy atom. The number of carbonyl (C=O) groups is 1. The van der Waals surface area contributed by atoms with E-state index >= 15 is 0 Å². The smallest absolute Gasteiger partial charge is 0.329 e. The summed E-state index contributed by atoms with van der Waals surface area (Å²) >= 11 is 3.01. The van der Waals surface area contributed by atoms with Crippen molar-refractivity contribution in [3.8, 4) is 0 Å². The number of aliphatic hydroxyl groups excluding tert-OH is 1. The number of carbonyl (C=O) groups excluding carboxylic acids is 1. The Hall–Kier alpha value is -1.12. The normalized spacial score (nSPS) is 18.3. The van der Waals surface area contributed by atoms with Gasteiger partial charge in [-0.25, -0.2) is 9.69 Å². The Morgan fingerprint density at radius 1 is 1.45 bits per heavy atom. The van der Waals surface area contributed by atoms with Crippen LogP contribution in [0, 0.1) is 0 Å². The molecule has 1 unspecified atom stereocenters. The summed E-state index contributed by atoms with van der Waals surface area (Å²) in [7, 11) is 0. The van der Waals surface area contributed by atoms with Crippen LogP contribution < -0.4 is 4.90 Å². The van der Waals surface area contributed by atoms with Gasteiger partial charge in [-0.15, -0.1) is 16.8 Å². The number of nitrogens with zero attached hydrogens (tertiary/aromatic N) is 4. The number of unbranched alkanes of at least 4 members (excludes halogenated alkanes) is 3. The fourth-order valence-electron chi connectivity index (χ4n) is 2.20. The Morgan fingerprint density at radius 3 is 3.00 bits per heavy atom. The van der Waals surface area contributed by atoms with Crippen LogP contribution in [0.3, 0.4) is 0 Å². The molecule has 122 valence electrons. The van der Waals surface area contributed by atoms with E-state index in [4.69, 9.17) is 0 Å². The van der Waals surface area contributed by atoms with Crippen molar-refractivity contribution >= 4 is 34.3 Å². The van der Waals surface area contributed by atoms with E-state index in [2.05, 4.69) is 23.7 Å². The Balaban J connectivity index is 1.90. The van der Waals surface area contributed by atoms with Gasteiger partial charge in [0.25, 0.3) is 0 Å². The standard InChI is InChI=1S/C14H22N4O2S2/c1-3-5-6-7-9-21-13-16-15-12(22-13)18-11(19)10-17(8-4-2)14(18)20/h4,11,19H,2-3,5-10H2,1H3. The Labute approximate surface area is 139 Å². The lowest BCUT2D eigenvalue weighted by Crippen LogP contribution is -2.34. The van der Waals surface area contributed by atoms with Crippen molar-refractivity contribution in [3.63, 3.8) is 0 Å². The van der Waals surface area contributed by atoms with Crippen molar-refractivity contribution in [3.05, 3.63) is 12.7 Å². The molecule has 0 aromatic carbocycles. The molecular formula is C14H22N4O2S2. The average molecular weight is 342 g/mol. The number of rotatable bonds is 9. The van der Waals surface area contributed by atoms with E-state index in [1.54, 1.807) is 17.8 Å². The molecule has 22 heavy (non-hydrogen) atoms. The minimum atomic E-state index is -0.872. The highest BCUT2D eigenvalue weighted by molar-refractivity contribution is 8.01. The van der Waals surface area contributed by atoms with Gasteiger partial charge in [0, 0.05) is 12.3 Å². The molecule has 1 N–H and O–H groups in total. The number of anilines is 1. The van der Waals surface area contributed by atoms with Crippen molar-refractivity contribution < 1.29 is 9.90 Å². The van der Waals surface area contributed by atoms with Crippen LogP contribution >= 0.6 is 23.1 Å². The van der Waals surface area contributed by atoms with E-state index in [9.17, 15) is 9.90 Å². The quantitative estimate of drug-likeness (QED) is 0.323. The Kier molecular flexibility index (Phi) is 6.66. The number of thioether (sulfide) groups is 1. The van der Waals surface area contributed by atoms with Gasteiger partial charge in [0.05, 0.1) is 6.54 Å². The van der Waals surface area contributed by atoms with Crippen LogP contribution in [0.1, 0.15) is 32.6 Å². The summed E-state index contributed by atoms with van der Waals surface area (Å²) in [5, 5.41) is 18.7. The van der Waals surface area contributed by atoms with Gasteiger partial charge in [0.1, 0.15) is 0 Å². The lowest BCUT2D eigenvalue weighted by molar-refractivity contribution is 0.180. The minimum Gasteiger partial charge on any atom is -0.371 e. The monoisotopic (exact) mass is 342 g/mol. The molecule has 2 heterocycles. The molecule has 0 saturated carbocycles. The molecule has 1 aromatic rings. The highest BCUT2D eigenvalue weighted by Crippen LogP contribution is 2.32. The number of hydrogen-bond donors (Lipinski definition) is 1. The summed E-state index contributed by atoms with van der Waals surface area (Å²) in [6.45, 7) is 6.50. The maximum Gasteiger partial charge on any atom is 0.329 e. The number of aromatic nitrogens is 2. The molecular weight excluding hydrogens is 320 g/mol. The fourth-order valence-corrected chi connectivity index (χ4v) is 4.15. The van der Waals surface area contributed by atoms with Crippen LogP contribution in [0.4, 0.5) is 9.93 Å². The highest BCUT2D eigenvalue weighted by Gasteiger charge is 2.38. The predicted molar refractivity (Wildman–Crippen MR) is 90.4 cm³/mol. The van der Waals surface area contributed by atoms with Crippen LogP contribution in [0.25, 0.3) is 0 Å². The van der Waals surface area contributed by atoms with Crippen molar-refractivity contribution in [2.75, 3.05) is 23.7 Å². The van der Waals surface area contributed by atoms with Gasteiger partial charge in [-0.2, -0.15) is 0 Å². The molecule has 1 saturated heterocycles. The molecule has 1 aromatic heterocycles. The van der Waals surface area contributed by atoms with Gasteiger partial charge in [0.15, 0.2) is 10.6 Å². The van der Waals surface area contributed by atoms with E-state index < -0.39 is 6.23 Å². The summed E-state index contributed by atoms with van der Waals surface area (Å²) in [5.41, 5.74) is 0. The maximum absolute atomic E-state index is 12.2. The van der Waals surface area contributed by atoms with Crippen molar-refractivity contribution in [1.82, 2.24) is 15.1 Å². The second kappa shape index (κ2) is 8.50. The molecule has 2 rings (SSSR count). The zero-order chi connectivity index (χ0) is 15.9. The van der Waals surface area contributed by atoms with Crippen LogP contribution in [-0.4, -0.2) is 51.3 Å². The van der Waals surface area contributed by atoms with E-state index in [-0.39, 0.29) is 12.6 Å². The Bertz CT molecular complexity index is 509. The lowest BCUT2D eigenvalue weighted by Gasteiger charge is -2.15. The third-order valence-corrected chi connectivity index (χ3v) is 5.48. The zero-order valence-corrected chi connectivity index (χ0v) is 14.4. The van der Waals surface area contributed by atoms with Gasteiger partial charge in [-0.05, 0) is 6.42 Å². The molecule has 2 amide bonds. The first-order valence-corrected chi connectivity index (χ1v) is 9.31. The number of aliphatic hydroxyl groups is 1. The molecule has 6 nitrogen and oxygen atoms in total. The molecule has 8 heteroatoms. The number of urea groups is 1. The van der Waals surface area contributed by atoms with Crippen LogP contribution in [0.15, 0.2) is 17.0 Å². The van der Waals surface area contributed by atoms with Gasteiger partial charge in [-0.1, -0.05) is 55.4 Å². The third kappa shape index (κ3) is 4.21. The fraction of sp³-hybridized carbons (Fsp3) is 0.643. The molecule has 0 spiro atoms. The van der Waals surface area contributed by atoms with Gasteiger partial charge < -0.3 is 10.0 Å². The van der Waals surface area contributed by atoms with Crippen LogP contribution in [-0.2, 0) is 0 Å². The predicted octanol–water partition coefficient (Wildman–Crippen LogP) is 2.96. The first kappa shape index (κ1) is 17.2. The SMILES string of the molecule is C=CCN1CC(O)N(c2nnc(SCCCCCC)s2)C1=O. The van der Waals surface area contributed by atoms with E-state index in [0.29, 0.717) is 11.7 Å². The molecule has 0 aliphatic carbocycles. The molecule has 1 fully saturated rings. The lowest BCUT2D eigenvalue weighted by atomic mass is 10.2. The first-order chi connectivity index (χ1) is 10.7. The topological polar surface area (TPSA) is 69.6 Å². The summed E-state index contributed by atoms with van der Waals surface area (Å²) in [6, 6.07) is -0.247. The molecule has 0 bridgehead atoms. The summed E-state index contributed by atoms with van der Waals surface area (Å²) < 4.78 is 0.841. The van der Waals surface area contributed by atoms with Gasteiger partial charge in [-0.3, -0.25) is 0 Å². The number of amides is 2. The second-order valence-corrected chi connectivity index (χ2v) is 7.38. The summed E-state index contributed by atoms with van der Waals surface area (Å²) in [6.07, 6.45) is 5.65. The second-order valence-electron chi connectivity index (χ2n) is 5.09. The summed E-state index contributed by atoms with van der Waals surface area (Å²) in [4.78, 5) is 15.1. The maximum atomic E-state index is 12.2. The van der Waals surface area contributed by atoms with Crippen molar-refractivity contribution in [2.24, 2.45) is 0 Å². The van der Waals surface area contributed by atoms with E-state index in [1.807, 2.05) is 0 Å². The van der Waals surface area contributed by atoms with Gasteiger partial charge >= 0.3 is 6.03 Å². The van der Waals surface area contributed by atoms with Gasteiger partial charge in [0.2, 0.25) is 5.13 Å².